The summed E-state index contributed by atoms with van der Waals surface area (Å²) in [6.45, 7) is 0.611. The van der Waals surface area contributed by atoms with Gasteiger partial charge in [0.05, 0.1) is 13.0 Å². The predicted molar refractivity (Wildman–Crippen MR) is 41.9 cm³/mol. The van der Waals surface area contributed by atoms with E-state index >= 15 is 0 Å². The van der Waals surface area contributed by atoms with Crippen LogP contribution in [-0.2, 0) is 9.53 Å². The molecule has 1 saturated carbocycles. The fourth-order valence-corrected chi connectivity index (χ4v) is 1.78. The number of hydrogen-bond acceptors (Lipinski definition) is 3. The second kappa shape index (κ2) is 3.72. The van der Waals surface area contributed by atoms with Gasteiger partial charge in [-0.1, -0.05) is 6.42 Å². The molecule has 2 atom stereocenters. The Labute approximate surface area is 66.9 Å². The Hall–Kier alpha value is -0.570. The van der Waals surface area contributed by atoms with Gasteiger partial charge in [0, 0.05) is 0 Å². The Morgan fingerprint density at radius 1 is 1.64 bits per heavy atom. The summed E-state index contributed by atoms with van der Waals surface area (Å²) in [5.74, 6) is 0.352. The zero-order valence-electron chi connectivity index (χ0n) is 6.88. The summed E-state index contributed by atoms with van der Waals surface area (Å²) in [6, 6.07) is 0. The first-order valence-corrected chi connectivity index (χ1v) is 4.07. The first-order chi connectivity index (χ1) is 5.29. The third kappa shape index (κ3) is 1.71. The Bertz CT molecular complexity index is 147. The highest BCUT2D eigenvalue weighted by atomic mass is 16.5. The van der Waals surface area contributed by atoms with Crippen molar-refractivity contribution in [1.82, 2.24) is 0 Å². The topological polar surface area (TPSA) is 52.3 Å². The van der Waals surface area contributed by atoms with Crippen LogP contribution in [0.2, 0.25) is 0 Å². The van der Waals surface area contributed by atoms with E-state index in [0.29, 0.717) is 12.5 Å². The highest BCUT2D eigenvalue weighted by Gasteiger charge is 2.32. The van der Waals surface area contributed by atoms with Crippen LogP contribution < -0.4 is 5.73 Å². The van der Waals surface area contributed by atoms with Gasteiger partial charge in [0.25, 0.3) is 0 Å². The van der Waals surface area contributed by atoms with Crippen LogP contribution in [0, 0.1) is 11.8 Å². The number of hydrogen-bond donors (Lipinski definition) is 1. The molecule has 0 aromatic rings. The summed E-state index contributed by atoms with van der Waals surface area (Å²) >= 11 is 0. The van der Waals surface area contributed by atoms with Crippen LogP contribution >= 0.6 is 0 Å². The van der Waals surface area contributed by atoms with Crippen molar-refractivity contribution in [3.05, 3.63) is 0 Å². The molecule has 0 bridgehead atoms. The van der Waals surface area contributed by atoms with Crippen molar-refractivity contribution in [3.8, 4) is 0 Å². The summed E-state index contributed by atoms with van der Waals surface area (Å²) in [7, 11) is 1.44. The van der Waals surface area contributed by atoms with Crippen LogP contribution in [0.25, 0.3) is 0 Å². The van der Waals surface area contributed by atoms with Crippen LogP contribution in [0.5, 0.6) is 0 Å². The molecule has 0 amide bonds. The summed E-state index contributed by atoms with van der Waals surface area (Å²) in [4.78, 5) is 11.1. The molecule has 3 heteroatoms. The molecule has 1 fully saturated rings. The van der Waals surface area contributed by atoms with E-state index in [4.69, 9.17) is 5.73 Å². The summed E-state index contributed by atoms with van der Waals surface area (Å²) in [6.07, 6.45) is 3.15. The normalized spacial score (nSPS) is 30.4. The highest BCUT2D eigenvalue weighted by Crippen LogP contribution is 2.31. The van der Waals surface area contributed by atoms with Crippen molar-refractivity contribution in [2.75, 3.05) is 13.7 Å². The molecule has 1 unspecified atom stereocenters. The molecule has 1 rings (SSSR count). The Morgan fingerprint density at radius 2 is 2.36 bits per heavy atom. The van der Waals surface area contributed by atoms with Crippen molar-refractivity contribution >= 4 is 5.97 Å². The minimum absolute atomic E-state index is 0.0741. The third-order valence-electron chi connectivity index (χ3n) is 2.47. The number of rotatable bonds is 2. The van der Waals surface area contributed by atoms with Crippen LogP contribution in [0.4, 0.5) is 0 Å². The molecule has 0 aromatic heterocycles. The lowest BCUT2D eigenvalue weighted by molar-refractivity contribution is -0.146. The second-order valence-corrected chi connectivity index (χ2v) is 3.06. The van der Waals surface area contributed by atoms with Crippen molar-refractivity contribution in [2.45, 2.75) is 19.3 Å². The fraction of sp³-hybridized carbons (Fsp3) is 0.875. The largest absolute Gasteiger partial charge is 0.469 e. The van der Waals surface area contributed by atoms with E-state index in [1.54, 1.807) is 0 Å². The van der Waals surface area contributed by atoms with Crippen LogP contribution in [0.3, 0.4) is 0 Å². The molecule has 0 radical (unpaired) electrons. The molecule has 0 spiro atoms. The lowest BCUT2D eigenvalue weighted by atomic mass is 9.97. The first kappa shape index (κ1) is 8.53. The van der Waals surface area contributed by atoms with Crippen LogP contribution in [-0.4, -0.2) is 19.6 Å². The zero-order chi connectivity index (χ0) is 8.27. The first-order valence-electron chi connectivity index (χ1n) is 4.07. The maximum absolute atomic E-state index is 11.1. The van der Waals surface area contributed by atoms with Gasteiger partial charge in [-0.15, -0.1) is 0 Å². The molecule has 64 valence electrons. The Balaban J connectivity index is 2.49. The molecule has 1 aliphatic rings. The Morgan fingerprint density at radius 3 is 2.91 bits per heavy atom. The standard InChI is InChI=1S/C8H15NO2/c1-11-8(10)7-4-2-3-6(7)5-9/h6-7H,2-5,9H2,1H3/t6?,7-/m1/s1. The van der Waals surface area contributed by atoms with E-state index in [0.717, 1.165) is 19.3 Å². The monoisotopic (exact) mass is 157 g/mol. The van der Waals surface area contributed by atoms with E-state index in [1.807, 2.05) is 0 Å². The van der Waals surface area contributed by atoms with E-state index < -0.39 is 0 Å². The molecular formula is C8H15NO2. The van der Waals surface area contributed by atoms with Gasteiger partial charge in [-0.3, -0.25) is 4.79 Å². The van der Waals surface area contributed by atoms with Gasteiger partial charge in [0.1, 0.15) is 0 Å². The average Bonchev–Trinajstić information content (AvgIpc) is 2.50. The van der Waals surface area contributed by atoms with Gasteiger partial charge in [0.15, 0.2) is 0 Å². The number of nitrogens with two attached hydrogens (primary N) is 1. The van der Waals surface area contributed by atoms with Gasteiger partial charge in [0.2, 0.25) is 0 Å². The molecule has 1 aliphatic carbocycles. The van der Waals surface area contributed by atoms with E-state index in [9.17, 15) is 4.79 Å². The van der Waals surface area contributed by atoms with E-state index in [1.165, 1.54) is 7.11 Å². The molecule has 11 heavy (non-hydrogen) atoms. The maximum atomic E-state index is 11.1. The molecular weight excluding hydrogens is 142 g/mol. The van der Waals surface area contributed by atoms with Crippen LogP contribution in [0.15, 0.2) is 0 Å². The molecule has 0 aromatic carbocycles. The maximum Gasteiger partial charge on any atom is 0.308 e. The number of carbonyl (C=O) groups is 1. The quantitative estimate of drug-likeness (QED) is 0.595. The lowest BCUT2D eigenvalue weighted by Gasteiger charge is -2.14. The van der Waals surface area contributed by atoms with Gasteiger partial charge in [-0.05, 0) is 25.3 Å². The lowest BCUT2D eigenvalue weighted by Crippen LogP contribution is -2.25. The average molecular weight is 157 g/mol. The summed E-state index contributed by atoms with van der Waals surface area (Å²) in [5.41, 5.74) is 5.51. The number of methoxy groups -OCH3 is 1. The third-order valence-corrected chi connectivity index (χ3v) is 2.47. The van der Waals surface area contributed by atoms with Gasteiger partial charge >= 0.3 is 5.97 Å². The molecule has 0 saturated heterocycles. The predicted octanol–water partition coefficient (Wildman–Crippen LogP) is 0.534. The van der Waals surface area contributed by atoms with Gasteiger partial charge in [-0.25, -0.2) is 0 Å². The Kier molecular flexibility index (Phi) is 2.88. The highest BCUT2D eigenvalue weighted by molar-refractivity contribution is 5.72. The number of carbonyl (C=O) groups excluding carboxylic acids is 1. The van der Waals surface area contributed by atoms with Crippen molar-refractivity contribution < 1.29 is 9.53 Å². The van der Waals surface area contributed by atoms with E-state index in [-0.39, 0.29) is 11.9 Å². The summed E-state index contributed by atoms with van der Waals surface area (Å²) < 4.78 is 4.67. The van der Waals surface area contributed by atoms with Crippen molar-refractivity contribution in [3.63, 3.8) is 0 Å². The van der Waals surface area contributed by atoms with Crippen LogP contribution in [0.1, 0.15) is 19.3 Å². The SMILES string of the molecule is COC(=O)[C@@H]1CCCC1CN. The van der Waals surface area contributed by atoms with Crippen molar-refractivity contribution in [1.29, 1.82) is 0 Å². The molecule has 2 N–H and O–H groups in total. The zero-order valence-corrected chi connectivity index (χ0v) is 6.88. The second-order valence-electron chi connectivity index (χ2n) is 3.06. The summed E-state index contributed by atoms with van der Waals surface area (Å²) in [5, 5.41) is 0. The minimum Gasteiger partial charge on any atom is -0.469 e. The fourth-order valence-electron chi connectivity index (χ4n) is 1.78. The van der Waals surface area contributed by atoms with Gasteiger partial charge < -0.3 is 10.5 Å². The molecule has 0 aliphatic heterocycles. The minimum atomic E-state index is -0.0852. The van der Waals surface area contributed by atoms with Gasteiger partial charge in [-0.2, -0.15) is 0 Å². The van der Waals surface area contributed by atoms with E-state index in [2.05, 4.69) is 4.74 Å². The van der Waals surface area contributed by atoms with Crippen molar-refractivity contribution in [2.24, 2.45) is 17.6 Å². The number of esters is 1. The number of ether oxygens (including phenoxy) is 1. The smallest absolute Gasteiger partial charge is 0.308 e. The molecule has 3 nitrogen and oxygen atoms in total. The molecule has 0 heterocycles.